The van der Waals surface area contributed by atoms with Crippen LogP contribution in [0.5, 0.6) is 0 Å². The van der Waals surface area contributed by atoms with E-state index in [1.807, 2.05) is 25.1 Å². The van der Waals surface area contributed by atoms with Crippen molar-refractivity contribution in [3.05, 3.63) is 35.9 Å². The van der Waals surface area contributed by atoms with Crippen molar-refractivity contribution >= 4 is 21.9 Å². The number of benzene rings is 1. The molecule has 1 N–H and O–H groups in total. The van der Waals surface area contributed by atoms with Crippen molar-refractivity contribution in [3.63, 3.8) is 0 Å². The number of hydrogen-bond donors (Lipinski definition) is 1. The highest BCUT2D eigenvalue weighted by Crippen LogP contribution is 2.39. The highest BCUT2D eigenvalue weighted by atomic mass is 79.9. The smallest absolute Gasteiger partial charge is 0.325 e. The summed E-state index contributed by atoms with van der Waals surface area (Å²) in [6.07, 6.45) is 0.369. The first-order valence-electron chi connectivity index (χ1n) is 6.15. The van der Waals surface area contributed by atoms with Crippen LogP contribution < -0.4 is 0 Å². The molecule has 0 aliphatic heterocycles. The van der Waals surface area contributed by atoms with Gasteiger partial charge in [0.15, 0.2) is 4.32 Å². The van der Waals surface area contributed by atoms with Crippen LogP contribution in [0, 0.1) is 0 Å². The number of halogens is 1. The van der Waals surface area contributed by atoms with E-state index in [1.165, 1.54) is 0 Å². The quantitative estimate of drug-likeness (QED) is 0.648. The number of alkyl halides is 1. The first-order chi connectivity index (χ1) is 8.56. The fraction of sp³-hybridized carbons (Fsp3) is 0.500. The number of rotatable bonds is 6. The number of aliphatic hydroxyl groups is 1. The molecule has 0 bridgehead atoms. The first kappa shape index (κ1) is 15.2. The molecule has 0 heterocycles. The average Bonchev–Trinajstić information content (AvgIpc) is 2.39. The maximum atomic E-state index is 12.0. The molecule has 0 amide bonds. The molecule has 4 heteroatoms. The summed E-state index contributed by atoms with van der Waals surface area (Å²) >= 11 is 3.39. The van der Waals surface area contributed by atoms with Gasteiger partial charge < -0.3 is 9.84 Å². The summed E-state index contributed by atoms with van der Waals surface area (Å²) in [5, 5.41) is 10.4. The van der Waals surface area contributed by atoms with Crippen LogP contribution in [0.15, 0.2) is 30.3 Å². The molecule has 100 valence electrons. The Morgan fingerprint density at radius 1 is 1.39 bits per heavy atom. The van der Waals surface area contributed by atoms with Crippen LogP contribution >= 0.6 is 15.9 Å². The van der Waals surface area contributed by atoms with E-state index in [9.17, 15) is 9.90 Å². The zero-order chi connectivity index (χ0) is 13.6. The molecule has 0 aromatic heterocycles. The minimum Gasteiger partial charge on any atom is -0.465 e. The third-order valence-corrected chi connectivity index (χ3v) is 3.93. The average molecular weight is 315 g/mol. The Bertz CT molecular complexity index is 380. The molecule has 0 aliphatic carbocycles. The van der Waals surface area contributed by atoms with E-state index in [-0.39, 0.29) is 0 Å². The Morgan fingerprint density at radius 2 is 2.00 bits per heavy atom. The minimum absolute atomic E-state index is 0.303. The predicted molar refractivity (Wildman–Crippen MR) is 74.6 cm³/mol. The highest BCUT2D eigenvalue weighted by Gasteiger charge is 2.44. The van der Waals surface area contributed by atoms with Crippen molar-refractivity contribution in [2.75, 3.05) is 6.61 Å². The van der Waals surface area contributed by atoms with Gasteiger partial charge in [-0.3, -0.25) is 4.79 Å². The van der Waals surface area contributed by atoms with Crippen LogP contribution in [0.2, 0.25) is 0 Å². The molecule has 3 nitrogen and oxygen atoms in total. The lowest BCUT2D eigenvalue weighted by Gasteiger charge is -2.30. The Hall–Kier alpha value is -0.870. The first-order valence-corrected chi connectivity index (χ1v) is 6.94. The van der Waals surface area contributed by atoms with Gasteiger partial charge in [0.2, 0.25) is 0 Å². The van der Waals surface area contributed by atoms with E-state index >= 15 is 0 Å². The fourth-order valence-electron chi connectivity index (χ4n) is 1.86. The van der Waals surface area contributed by atoms with Gasteiger partial charge in [0.25, 0.3) is 0 Å². The van der Waals surface area contributed by atoms with Gasteiger partial charge in [-0.25, -0.2) is 0 Å². The van der Waals surface area contributed by atoms with Crippen molar-refractivity contribution in [2.45, 2.75) is 37.1 Å². The zero-order valence-corrected chi connectivity index (χ0v) is 12.3. The molecule has 2 atom stereocenters. The third kappa shape index (κ3) is 3.33. The zero-order valence-electron chi connectivity index (χ0n) is 10.7. The van der Waals surface area contributed by atoms with E-state index in [2.05, 4.69) is 15.9 Å². The maximum absolute atomic E-state index is 12.0. The number of hydrogen-bond acceptors (Lipinski definition) is 3. The molecule has 1 rings (SSSR count). The predicted octanol–water partition coefficient (Wildman–Crippen LogP) is 3.22. The summed E-state index contributed by atoms with van der Waals surface area (Å²) < 4.78 is 3.99. The number of carbonyl (C=O) groups is 1. The van der Waals surface area contributed by atoms with E-state index in [4.69, 9.17) is 4.74 Å². The lowest BCUT2D eigenvalue weighted by Crippen LogP contribution is -2.40. The van der Waals surface area contributed by atoms with E-state index in [0.717, 1.165) is 6.42 Å². The van der Waals surface area contributed by atoms with E-state index in [0.29, 0.717) is 18.6 Å². The van der Waals surface area contributed by atoms with Crippen molar-refractivity contribution in [2.24, 2.45) is 0 Å². The van der Waals surface area contributed by atoms with Gasteiger partial charge in [-0.2, -0.15) is 0 Å². The minimum atomic E-state index is -1.07. The summed E-state index contributed by atoms with van der Waals surface area (Å²) in [5.41, 5.74) is 0.705. The van der Waals surface area contributed by atoms with Crippen LogP contribution in [0.1, 0.15) is 38.4 Å². The van der Waals surface area contributed by atoms with Gasteiger partial charge in [-0.15, -0.1) is 0 Å². The van der Waals surface area contributed by atoms with Crippen LogP contribution in [0.3, 0.4) is 0 Å². The maximum Gasteiger partial charge on any atom is 0.325 e. The van der Waals surface area contributed by atoms with E-state index < -0.39 is 16.4 Å². The Morgan fingerprint density at radius 3 is 2.50 bits per heavy atom. The summed E-state index contributed by atoms with van der Waals surface area (Å²) in [6, 6.07) is 9.15. The molecule has 2 unspecified atom stereocenters. The highest BCUT2D eigenvalue weighted by molar-refractivity contribution is 9.10. The third-order valence-electron chi connectivity index (χ3n) is 2.78. The van der Waals surface area contributed by atoms with Crippen molar-refractivity contribution in [1.29, 1.82) is 0 Å². The van der Waals surface area contributed by atoms with Crippen molar-refractivity contribution in [3.8, 4) is 0 Å². The normalized spacial score (nSPS) is 15.8. The number of carbonyl (C=O) groups excluding carboxylic acids is 1. The molecule has 18 heavy (non-hydrogen) atoms. The summed E-state index contributed by atoms with van der Waals surface area (Å²) in [5.74, 6) is -0.414. The van der Waals surface area contributed by atoms with Gasteiger partial charge in [0.05, 0.1) is 6.61 Å². The second kappa shape index (κ2) is 6.90. The second-order valence-corrected chi connectivity index (χ2v) is 5.56. The second-order valence-electron chi connectivity index (χ2n) is 4.15. The molecular weight excluding hydrogens is 296 g/mol. The van der Waals surface area contributed by atoms with E-state index in [1.54, 1.807) is 19.1 Å². The van der Waals surface area contributed by atoms with Gasteiger partial charge in [0.1, 0.15) is 6.10 Å². The molecule has 0 aliphatic rings. The molecule has 0 fully saturated rings. The monoisotopic (exact) mass is 314 g/mol. The fourth-order valence-corrected chi connectivity index (χ4v) is 2.64. The lowest BCUT2D eigenvalue weighted by atomic mass is 9.91. The number of aliphatic hydroxyl groups excluding tert-OH is 1. The molecular formula is C14H19BrO3. The van der Waals surface area contributed by atoms with Gasteiger partial charge in [0, 0.05) is 0 Å². The largest absolute Gasteiger partial charge is 0.465 e. The van der Waals surface area contributed by atoms with Gasteiger partial charge in [-0.05, 0) is 18.9 Å². The van der Waals surface area contributed by atoms with Crippen molar-refractivity contribution < 1.29 is 14.6 Å². The molecule has 1 aromatic rings. The topological polar surface area (TPSA) is 46.5 Å². The Balaban J connectivity index is 3.00. The van der Waals surface area contributed by atoms with Crippen molar-refractivity contribution in [1.82, 2.24) is 0 Å². The van der Waals surface area contributed by atoms with Crippen LogP contribution in [-0.4, -0.2) is 22.0 Å². The Kier molecular flexibility index (Phi) is 5.82. The lowest BCUT2D eigenvalue weighted by molar-refractivity contribution is -0.149. The Labute approximate surface area is 116 Å². The van der Waals surface area contributed by atoms with Crippen LogP contribution in [0.25, 0.3) is 0 Å². The molecule has 0 saturated carbocycles. The summed E-state index contributed by atoms with van der Waals surface area (Å²) in [4.78, 5) is 12.0. The van der Waals surface area contributed by atoms with Crippen LogP contribution in [-0.2, 0) is 9.53 Å². The molecule has 0 saturated heterocycles. The van der Waals surface area contributed by atoms with Gasteiger partial charge in [-0.1, -0.05) is 59.6 Å². The number of esters is 1. The summed E-state index contributed by atoms with van der Waals surface area (Å²) in [7, 11) is 0. The molecule has 0 spiro atoms. The summed E-state index contributed by atoms with van der Waals surface area (Å²) in [6.45, 7) is 4.02. The SMILES string of the molecule is CCCC(Br)(C(=O)OCC)C(O)c1ccccc1. The van der Waals surface area contributed by atoms with Crippen LogP contribution in [0.4, 0.5) is 0 Å². The molecule has 0 radical (unpaired) electrons. The standard InChI is InChI=1S/C14H19BrO3/c1-3-10-14(15,13(17)18-4-2)12(16)11-8-6-5-7-9-11/h5-9,12,16H,3-4,10H2,1-2H3. The van der Waals surface area contributed by atoms with Gasteiger partial charge >= 0.3 is 5.97 Å². The molecule has 1 aromatic carbocycles. The number of ether oxygens (including phenoxy) is 1.